The molecular formula is C24H50NO7P. The largest absolute Gasteiger partial charge is 0.756 e. The number of phosphoric ester groups is 1. The minimum Gasteiger partial charge on any atom is -0.756 e. The molecule has 0 saturated carbocycles. The number of hydrogen-bond donors (Lipinski definition) is 1. The third-order valence-corrected chi connectivity index (χ3v) is 2.41. The van der Waals surface area contributed by atoms with Gasteiger partial charge in [-0.3, -0.25) is 9.36 Å². The van der Waals surface area contributed by atoms with E-state index in [0.717, 1.165) is 0 Å². The summed E-state index contributed by atoms with van der Waals surface area (Å²) in [6, 6.07) is 0. The van der Waals surface area contributed by atoms with Gasteiger partial charge < -0.3 is 28.3 Å². The predicted octanol–water partition coefficient (Wildman–Crippen LogP) is 4.58. The average molecular weight is 545 g/mol. The van der Waals surface area contributed by atoms with E-state index < -0.39 is 168 Å². The van der Waals surface area contributed by atoms with Crippen molar-refractivity contribution >= 4 is 13.8 Å². The lowest BCUT2D eigenvalue weighted by Gasteiger charge is -2.27. The maximum atomic E-state index is 13.3. The molecule has 0 aromatic rings. The van der Waals surface area contributed by atoms with Crippen molar-refractivity contribution in [1.29, 1.82) is 0 Å². The Bertz CT molecular complexity index is 2350. The molecule has 0 rings (SSSR count). The molecule has 33 heavy (non-hydrogen) atoms. The highest BCUT2D eigenvalue weighted by Crippen LogP contribution is 2.38. The summed E-state index contributed by atoms with van der Waals surface area (Å²) in [7, 11) is -7.50. The van der Waals surface area contributed by atoms with E-state index in [0.29, 0.717) is 0 Å². The van der Waals surface area contributed by atoms with Gasteiger partial charge in [-0.05, 0) is 6.37 Å². The van der Waals surface area contributed by atoms with Crippen LogP contribution >= 0.6 is 7.82 Å². The summed E-state index contributed by atoms with van der Waals surface area (Å²) in [6.45, 7) is -39.6. The molecule has 1 N–H and O–H groups in total. The first kappa shape index (κ1) is 4.98. The molecule has 0 amide bonds. The molecule has 9 heteroatoms. The lowest BCUT2D eigenvalue weighted by Crippen LogP contribution is -2.37. The van der Waals surface area contributed by atoms with Crippen LogP contribution in [0.5, 0.6) is 0 Å². The Morgan fingerprint density at radius 3 is 2.06 bits per heavy atom. The second kappa shape index (κ2) is 19.8. The number of ether oxygens (including phenoxy) is 1. The lowest BCUT2D eigenvalue weighted by atomic mass is 10.0. The van der Waals surface area contributed by atoms with E-state index in [4.69, 9.17) is 67.2 Å². The van der Waals surface area contributed by atoms with Gasteiger partial charge in [0.25, 0.3) is 7.82 Å². The number of hydrogen-bond acceptors (Lipinski definition) is 7. The fourth-order valence-corrected chi connectivity index (χ4v) is 1.22. The number of nitrogens with zero attached hydrogens (tertiary/aromatic N) is 1. The van der Waals surface area contributed by atoms with E-state index in [2.05, 4.69) is 13.8 Å². The Labute approximate surface area is 271 Å². The molecule has 0 spiro atoms. The van der Waals surface area contributed by atoms with Crippen molar-refractivity contribution in [1.82, 2.24) is 0 Å². The van der Waals surface area contributed by atoms with Crippen LogP contribution in [0.2, 0.25) is 0 Å². The summed E-state index contributed by atoms with van der Waals surface area (Å²) in [5.74, 6) is -3.47. The molecule has 0 radical (unpaired) electrons. The molecule has 0 aromatic heterocycles. The van der Waals surface area contributed by atoms with Crippen LogP contribution in [0.1, 0.15) is 163 Å². The summed E-state index contributed by atoms with van der Waals surface area (Å²) in [5.41, 5.74) is 0. The zero-order valence-electron chi connectivity index (χ0n) is 64.8. The zero-order chi connectivity index (χ0) is 68.2. The first-order chi connectivity index (χ1) is 34.3. The normalized spacial score (nSPS) is 47.0. The molecular weight excluding hydrogens is 445 g/mol. The summed E-state index contributed by atoms with van der Waals surface area (Å²) in [4.78, 5) is 26.2. The summed E-state index contributed by atoms with van der Waals surface area (Å²) >= 11 is 0. The molecule has 0 aliphatic heterocycles. The Morgan fingerprint density at radius 2 is 1.52 bits per heavy atom. The minimum atomic E-state index is -7.50. The number of rotatable bonds is 23. The van der Waals surface area contributed by atoms with Crippen molar-refractivity contribution in [2.75, 3.05) is 47.1 Å². The molecule has 2 atom stereocenters. The SMILES string of the molecule is [2H]C([2H])([2H])C([2H])([2H])C([2H])([2H])C([2H])([2H])C([2H])([2H])C([2H])([2H])C([2H])([2H])C([2H])([2H])C([2H])([2H])C([2H])([2H])C([2H])([2H])C([2H])([2H])C([2H])([2H])C([2H])([2H])C([2H])([2H])C(=O)OC([2H])([2H])[C@@]([2H])(O)C([2H])([2H])OP(=O)([O-])OC([2H])([2H])C([2H])([2H])[N+](C([2H])([2H])[2H])(C([2H])([2H])[2H])C([2H])([2H])[2H]. The van der Waals surface area contributed by atoms with E-state index in [1.165, 1.54) is 0 Å². The number of carbonyl (C=O) groups excluding carboxylic acids is 1. The van der Waals surface area contributed by atoms with Gasteiger partial charge in [0.1, 0.15) is 25.7 Å². The molecule has 198 valence electrons. The summed E-state index contributed by atoms with van der Waals surface area (Å²) in [5, 5.41) is 10.6. The topological polar surface area (TPSA) is 105 Å². The third-order valence-electron chi connectivity index (χ3n) is 1.78. The van der Waals surface area contributed by atoms with Gasteiger partial charge in [-0.25, -0.2) is 0 Å². The fraction of sp³-hybridized carbons (Fsp3) is 0.958. The smallest absolute Gasteiger partial charge is 0.305 e. The molecule has 0 bridgehead atoms. The first-order valence-corrected chi connectivity index (χ1v) is 8.83. The Kier molecular flexibility index (Phi) is 2.98. The third kappa shape index (κ3) is 24.4. The van der Waals surface area contributed by atoms with E-state index in [1.807, 2.05) is 0 Å². The van der Waals surface area contributed by atoms with Crippen molar-refractivity contribution in [3.63, 3.8) is 0 Å². The second-order valence-electron chi connectivity index (χ2n) is 4.21. The van der Waals surface area contributed by atoms with Crippen LogP contribution in [-0.4, -0.2) is 68.7 Å². The van der Waals surface area contributed by atoms with E-state index in [9.17, 15) is 19.4 Å². The molecule has 0 aliphatic rings. The Morgan fingerprint density at radius 1 is 0.970 bits per heavy atom. The summed E-state index contributed by atoms with van der Waals surface area (Å²) < 4.78 is 408. The van der Waals surface area contributed by atoms with Crippen LogP contribution < -0.4 is 4.89 Å². The van der Waals surface area contributed by atoms with Crippen LogP contribution in [0, 0.1) is 0 Å². The molecule has 0 aliphatic carbocycles. The number of carbonyl (C=O) groups is 1. The minimum absolute atomic E-state index is 3.47. The van der Waals surface area contributed by atoms with Crippen LogP contribution in [0.25, 0.3) is 0 Å². The van der Waals surface area contributed by atoms with Gasteiger partial charge in [0.05, 0.1) is 52.2 Å². The van der Waals surface area contributed by atoms with Gasteiger partial charge >= 0.3 is 5.97 Å². The van der Waals surface area contributed by atoms with Crippen molar-refractivity contribution < 1.29 is 105 Å². The highest BCUT2D eigenvalue weighted by atomic mass is 31.2. The van der Waals surface area contributed by atoms with Gasteiger partial charge in [0.15, 0.2) is 0 Å². The van der Waals surface area contributed by atoms with E-state index >= 15 is 0 Å². The predicted molar refractivity (Wildman–Crippen MR) is 130 cm³/mol. The standard InChI is InChI=1S/C24H50NO7P/c1-5-6-7-8-9-10-11-12-13-14-15-16-17-18-24(27)30-21-23(26)22-32-33(28,29)31-20-19-25(2,3)4/h23,26H,5-22H2,1-4H3/t23-/m1/s1/i1D3,2D3,3D3,4D3,5D2,6D2,7D2,8D2,9D2,10D2,11D2,12D2,13D2,14D2,15D2,16D2,17D2,18D2,19D2,20D2,21D2,22D2,23D. The number of likely N-dealkylation sites (N-methyl/N-ethyl adjacent to an activating group) is 1. The Balaban J connectivity index is 7.69. The van der Waals surface area contributed by atoms with Crippen molar-refractivity contribution in [2.45, 2.75) is 102 Å². The van der Waals surface area contributed by atoms with Gasteiger partial charge in [-0.1, -0.05) is 83.3 Å². The molecule has 0 aromatic carbocycles. The maximum Gasteiger partial charge on any atom is 0.305 e. The number of aliphatic hydroxyl groups is 1. The lowest BCUT2D eigenvalue weighted by molar-refractivity contribution is -0.870. The highest BCUT2D eigenvalue weighted by molar-refractivity contribution is 7.45. The van der Waals surface area contributed by atoms with Crippen molar-refractivity contribution in [3.05, 3.63) is 0 Å². The molecule has 1 unspecified atom stereocenters. The molecule has 0 fully saturated rings. The fourth-order valence-electron chi connectivity index (χ4n) is 0.830. The molecule has 0 heterocycles. The number of phosphoric acid groups is 1. The maximum absolute atomic E-state index is 13.3. The molecule has 0 saturated heterocycles. The quantitative estimate of drug-likeness (QED) is 0.114. The molecule has 8 nitrogen and oxygen atoms in total. The van der Waals surface area contributed by atoms with Crippen molar-refractivity contribution in [3.8, 4) is 0 Å². The zero-order valence-corrected chi connectivity index (χ0v) is 16.7. The highest BCUT2D eigenvalue weighted by Gasteiger charge is 2.16. The van der Waals surface area contributed by atoms with E-state index in [1.54, 1.807) is 0 Å². The van der Waals surface area contributed by atoms with Gasteiger partial charge in [-0.15, -0.1) is 0 Å². The monoisotopic (exact) mass is 545 g/mol. The van der Waals surface area contributed by atoms with Crippen LogP contribution in [0.15, 0.2) is 0 Å². The van der Waals surface area contributed by atoms with Gasteiger partial charge in [0.2, 0.25) is 0 Å². The van der Waals surface area contributed by atoms with Gasteiger partial charge in [-0.2, -0.15) is 0 Å². The summed E-state index contributed by atoms with van der Waals surface area (Å²) in [6.07, 6.45) is -79.3. The average Bonchev–Trinajstić information content (AvgIpc) is 3.16. The van der Waals surface area contributed by atoms with Crippen LogP contribution in [0.4, 0.5) is 0 Å². The van der Waals surface area contributed by atoms with E-state index in [-0.39, 0.29) is 0 Å². The number of esters is 1. The van der Waals surface area contributed by atoms with Crippen LogP contribution in [0.3, 0.4) is 0 Å². The van der Waals surface area contributed by atoms with Crippen LogP contribution in [-0.2, 0) is 23.1 Å². The first-order valence-electron chi connectivity index (χ1n) is 31.9. The number of quaternary nitrogens is 1. The Hall–Kier alpha value is -0.500. The van der Waals surface area contributed by atoms with Crippen molar-refractivity contribution in [2.24, 2.45) is 0 Å². The second-order valence-corrected chi connectivity index (χ2v) is 5.47. The van der Waals surface area contributed by atoms with Gasteiger partial charge in [0, 0.05) is 48.9 Å².